The summed E-state index contributed by atoms with van der Waals surface area (Å²) in [5, 5.41) is 3.74. The number of halogens is 4. The fraction of sp³-hybridized carbons (Fsp3) is 0.259. The van der Waals surface area contributed by atoms with E-state index in [1.807, 2.05) is 30.3 Å². The van der Waals surface area contributed by atoms with Gasteiger partial charge in [-0.15, -0.1) is 0 Å². The Hall–Kier alpha value is -2.49. The number of carbonyl (C=O) groups is 2. The van der Waals surface area contributed by atoms with Crippen LogP contribution in [0.5, 0.6) is 0 Å². The standard InChI is InChI=1S/C27H27Cl4N3O4S/c1-3-32-27(36)25(14-18-7-5-4-6-8-18)33(16-19-9-11-21(29)23(31)13-19)26(35)17-34(39(2,37)38)24-15-20(28)10-12-22(24)30/h4-13,15,25H,3,14,16-17H2,1-2H3,(H,32,36)/t25-/m0/s1. The summed E-state index contributed by atoms with van der Waals surface area (Å²) in [5.41, 5.74) is 1.47. The van der Waals surface area contributed by atoms with E-state index >= 15 is 0 Å². The van der Waals surface area contributed by atoms with Gasteiger partial charge in [0.05, 0.1) is 27.0 Å². The minimum absolute atomic E-state index is 0.0365. The Morgan fingerprint density at radius 3 is 2.15 bits per heavy atom. The maximum absolute atomic E-state index is 14.0. The van der Waals surface area contributed by atoms with Crippen LogP contribution in [-0.2, 0) is 32.6 Å². The lowest BCUT2D eigenvalue weighted by molar-refractivity contribution is -0.140. The number of nitrogens with one attached hydrogen (secondary N) is 1. The molecule has 3 aromatic carbocycles. The smallest absolute Gasteiger partial charge is 0.244 e. The third-order valence-corrected chi connectivity index (χ3v) is 8.24. The number of carbonyl (C=O) groups excluding carboxylic acids is 2. The fourth-order valence-corrected chi connectivity index (χ4v) is 5.56. The first kappa shape index (κ1) is 31.0. The van der Waals surface area contributed by atoms with Crippen LogP contribution in [0.25, 0.3) is 0 Å². The molecule has 0 spiro atoms. The van der Waals surface area contributed by atoms with E-state index in [0.717, 1.165) is 16.1 Å². The van der Waals surface area contributed by atoms with Gasteiger partial charge in [-0.2, -0.15) is 0 Å². The van der Waals surface area contributed by atoms with Crippen LogP contribution >= 0.6 is 46.4 Å². The van der Waals surface area contributed by atoms with Crippen molar-refractivity contribution in [1.29, 1.82) is 0 Å². The number of benzene rings is 3. The monoisotopic (exact) mass is 629 g/mol. The van der Waals surface area contributed by atoms with Crippen molar-refractivity contribution in [2.75, 3.05) is 23.7 Å². The van der Waals surface area contributed by atoms with E-state index in [2.05, 4.69) is 5.32 Å². The first-order chi connectivity index (χ1) is 18.4. The molecule has 1 N–H and O–H groups in total. The Morgan fingerprint density at radius 2 is 1.54 bits per heavy atom. The normalized spacial score (nSPS) is 12.1. The van der Waals surface area contributed by atoms with Crippen molar-refractivity contribution in [3.05, 3.63) is 97.9 Å². The highest BCUT2D eigenvalue weighted by atomic mass is 35.5. The minimum atomic E-state index is -3.98. The zero-order chi connectivity index (χ0) is 28.7. The molecule has 0 saturated heterocycles. The Morgan fingerprint density at radius 1 is 0.872 bits per heavy atom. The molecule has 39 heavy (non-hydrogen) atoms. The Kier molecular flexibility index (Phi) is 10.9. The molecule has 0 saturated carbocycles. The maximum atomic E-state index is 14.0. The van der Waals surface area contributed by atoms with E-state index in [9.17, 15) is 18.0 Å². The second kappa shape index (κ2) is 13.7. The molecule has 3 rings (SSSR count). The van der Waals surface area contributed by atoms with Crippen LogP contribution in [-0.4, -0.2) is 50.5 Å². The third-order valence-electron chi connectivity index (χ3n) is 5.82. The van der Waals surface area contributed by atoms with Gasteiger partial charge < -0.3 is 10.2 Å². The van der Waals surface area contributed by atoms with Crippen molar-refractivity contribution in [3.8, 4) is 0 Å². The van der Waals surface area contributed by atoms with Gasteiger partial charge >= 0.3 is 0 Å². The van der Waals surface area contributed by atoms with Gasteiger partial charge in [-0.3, -0.25) is 13.9 Å². The number of nitrogens with zero attached hydrogens (tertiary/aromatic N) is 2. The average Bonchev–Trinajstić information content (AvgIpc) is 2.88. The lowest BCUT2D eigenvalue weighted by Crippen LogP contribution is -2.53. The highest BCUT2D eigenvalue weighted by Gasteiger charge is 2.33. The molecule has 0 aliphatic heterocycles. The molecular formula is C27H27Cl4N3O4S. The van der Waals surface area contributed by atoms with Crippen LogP contribution in [0.2, 0.25) is 20.1 Å². The fourth-order valence-electron chi connectivity index (χ4n) is 3.95. The first-order valence-corrected chi connectivity index (χ1v) is 15.2. The summed E-state index contributed by atoms with van der Waals surface area (Å²) in [5.74, 6) is -1.02. The highest BCUT2D eigenvalue weighted by Crippen LogP contribution is 2.31. The van der Waals surface area contributed by atoms with Crippen molar-refractivity contribution < 1.29 is 18.0 Å². The molecule has 7 nitrogen and oxygen atoms in total. The van der Waals surface area contributed by atoms with Crippen LogP contribution < -0.4 is 9.62 Å². The number of hydrogen-bond donors (Lipinski definition) is 1. The Bertz CT molecular complexity index is 1440. The van der Waals surface area contributed by atoms with E-state index in [1.54, 1.807) is 25.1 Å². The minimum Gasteiger partial charge on any atom is -0.355 e. The molecule has 0 heterocycles. The van der Waals surface area contributed by atoms with Crippen molar-refractivity contribution in [3.63, 3.8) is 0 Å². The average molecular weight is 631 g/mol. The van der Waals surface area contributed by atoms with Crippen LogP contribution in [0.1, 0.15) is 18.1 Å². The number of hydrogen-bond acceptors (Lipinski definition) is 4. The number of amides is 2. The van der Waals surface area contributed by atoms with Crippen molar-refractivity contribution in [2.24, 2.45) is 0 Å². The SMILES string of the molecule is CCNC(=O)[C@H](Cc1ccccc1)N(Cc1ccc(Cl)c(Cl)c1)C(=O)CN(c1cc(Cl)ccc1Cl)S(C)(=O)=O. The Balaban J connectivity index is 2.08. The van der Waals surface area contributed by atoms with Crippen LogP contribution in [0, 0.1) is 0 Å². The predicted octanol–water partition coefficient (Wildman–Crippen LogP) is 5.84. The topological polar surface area (TPSA) is 86.8 Å². The zero-order valence-electron chi connectivity index (χ0n) is 21.2. The van der Waals surface area contributed by atoms with E-state index in [-0.39, 0.29) is 39.6 Å². The molecule has 1 atom stereocenters. The molecule has 0 radical (unpaired) electrons. The molecule has 208 valence electrons. The second-order valence-corrected chi connectivity index (χ2v) is 12.3. The molecular weight excluding hydrogens is 604 g/mol. The van der Waals surface area contributed by atoms with E-state index in [0.29, 0.717) is 17.1 Å². The predicted molar refractivity (Wildman–Crippen MR) is 158 cm³/mol. The van der Waals surface area contributed by atoms with Gasteiger partial charge in [0.25, 0.3) is 0 Å². The van der Waals surface area contributed by atoms with E-state index < -0.39 is 28.5 Å². The molecule has 0 fully saturated rings. The highest BCUT2D eigenvalue weighted by molar-refractivity contribution is 7.92. The van der Waals surface area contributed by atoms with Gasteiger partial charge in [-0.25, -0.2) is 8.42 Å². The van der Waals surface area contributed by atoms with Crippen LogP contribution in [0.4, 0.5) is 5.69 Å². The molecule has 0 unspecified atom stereocenters. The summed E-state index contributed by atoms with van der Waals surface area (Å²) in [6.45, 7) is 1.46. The quantitative estimate of drug-likeness (QED) is 0.288. The van der Waals surface area contributed by atoms with Gasteiger partial charge in [0.15, 0.2) is 0 Å². The van der Waals surface area contributed by atoms with Crippen LogP contribution in [0.15, 0.2) is 66.7 Å². The molecule has 0 aliphatic rings. The van der Waals surface area contributed by atoms with Crippen molar-refractivity contribution >= 4 is 73.9 Å². The van der Waals surface area contributed by atoms with E-state index in [1.165, 1.54) is 23.1 Å². The summed E-state index contributed by atoms with van der Waals surface area (Å²) < 4.78 is 26.5. The van der Waals surface area contributed by atoms with Gasteiger partial charge in [0.2, 0.25) is 21.8 Å². The van der Waals surface area contributed by atoms with Crippen molar-refractivity contribution in [1.82, 2.24) is 10.2 Å². The van der Waals surface area contributed by atoms with Gasteiger partial charge in [-0.1, -0.05) is 82.8 Å². The number of likely N-dealkylation sites (N-methyl/N-ethyl adjacent to an activating group) is 1. The molecule has 12 heteroatoms. The maximum Gasteiger partial charge on any atom is 0.244 e. The van der Waals surface area contributed by atoms with Gasteiger partial charge in [0.1, 0.15) is 12.6 Å². The van der Waals surface area contributed by atoms with Gasteiger partial charge in [-0.05, 0) is 48.4 Å². The second-order valence-electron chi connectivity index (χ2n) is 8.74. The van der Waals surface area contributed by atoms with Crippen LogP contribution in [0.3, 0.4) is 0 Å². The summed E-state index contributed by atoms with van der Waals surface area (Å²) in [6, 6.07) is 17.5. The Labute approximate surface area is 248 Å². The largest absolute Gasteiger partial charge is 0.355 e. The molecule has 0 aliphatic carbocycles. The zero-order valence-corrected chi connectivity index (χ0v) is 25.0. The first-order valence-electron chi connectivity index (χ1n) is 11.9. The molecule has 0 bridgehead atoms. The lowest BCUT2D eigenvalue weighted by Gasteiger charge is -2.33. The summed E-state index contributed by atoms with van der Waals surface area (Å²) in [7, 11) is -3.98. The summed E-state index contributed by atoms with van der Waals surface area (Å²) in [6.07, 6.45) is 1.16. The van der Waals surface area contributed by atoms with E-state index in [4.69, 9.17) is 46.4 Å². The number of rotatable bonds is 11. The number of sulfonamides is 1. The third kappa shape index (κ3) is 8.50. The van der Waals surface area contributed by atoms with Crippen molar-refractivity contribution in [2.45, 2.75) is 25.9 Å². The van der Waals surface area contributed by atoms with Gasteiger partial charge in [0, 0.05) is 24.5 Å². The number of anilines is 1. The molecule has 3 aromatic rings. The summed E-state index contributed by atoms with van der Waals surface area (Å²) in [4.78, 5) is 28.6. The molecule has 0 aromatic heterocycles. The summed E-state index contributed by atoms with van der Waals surface area (Å²) >= 11 is 24.7. The lowest BCUT2D eigenvalue weighted by atomic mass is 10.0. The molecule has 2 amide bonds.